The first-order chi connectivity index (χ1) is 9.90. The minimum absolute atomic E-state index is 0.0663. The van der Waals surface area contributed by atoms with Crippen molar-refractivity contribution in [2.24, 2.45) is 5.92 Å². The molecular formula is C12H17N3O5S. The lowest BCUT2D eigenvalue weighted by Crippen LogP contribution is -2.32. The molecule has 1 aromatic carbocycles. The molecule has 116 valence electrons. The third kappa shape index (κ3) is 3.90. The fourth-order valence-electron chi connectivity index (χ4n) is 2.11. The van der Waals surface area contributed by atoms with Crippen molar-refractivity contribution in [3.05, 3.63) is 28.3 Å². The second-order valence-corrected chi connectivity index (χ2v) is 6.65. The molecule has 0 amide bonds. The highest BCUT2D eigenvalue weighted by molar-refractivity contribution is 7.89. The predicted octanol–water partition coefficient (Wildman–Crippen LogP) is 0.882. The molecule has 0 aromatic heterocycles. The summed E-state index contributed by atoms with van der Waals surface area (Å²) in [6.07, 6.45) is 1.59. The van der Waals surface area contributed by atoms with Crippen LogP contribution in [-0.4, -0.2) is 33.1 Å². The van der Waals surface area contributed by atoms with Gasteiger partial charge in [0.15, 0.2) is 0 Å². The van der Waals surface area contributed by atoms with E-state index < -0.39 is 20.6 Å². The molecule has 9 heteroatoms. The highest BCUT2D eigenvalue weighted by Crippen LogP contribution is 2.25. The third-order valence-electron chi connectivity index (χ3n) is 3.41. The number of nitrogens with zero attached hydrogens (tertiary/aromatic N) is 1. The molecule has 1 heterocycles. The van der Waals surface area contributed by atoms with Crippen LogP contribution in [0.1, 0.15) is 12.8 Å². The van der Waals surface area contributed by atoms with E-state index in [0.717, 1.165) is 18.9 Å². The van der Waals surface area contributed by atoms with Crippen LogP contribution in [0.2, 0.25) is 0 Å². The normalized spacial score (nSPS) is 16.8. The van der Waals surface area contributed by atoms with Gasteiger partial charge in [0.25, 0.3) is 5.69 Å². The summed E-state index contributed by atoms with van der Waals surface area (Å²) < 4.78 is 32.0. The van der Waals surface area contributed by atoms with Gasteiger partial charge >= 0.3 is 0 Å². The fourth-order valence-corrected chi connectivity index (χ4v) is 3.25. The van der Waals surface area contributed by atoms with Crippen molar-refractivity contribution < 1.29 is 18.1 Å². The number of hydrogen-bond donors (Lipinski definition) is 2. The monoisotopic (exact) mass is 315 g/mol. The van der Waals surface area contributed by atoms with E-state index in [1.165, 1.54) is 12.1 Å². The van der Waals surface area contributed by atoms with Crippen molar-refractivity contribution in [2.45, 2.75) is 17.7 Å². The standard InChI is InChI=1S/C12H17N3O5S/c13-11-2-1-10(7-12(11)15(16)17)21(18,19)14-8-9-3-5-20-6-4-9/h1-2,7,9,14H,3-6,8,13H2. The average molecular weight is 315 g/mol. The molecule has 21 heavy (non-hydrogen) atoms. The van der Waals surface area contributed by atoms with Crippen LogP contribution in [0.4, 0.5) is 11.4 Å². The Hall–Kier alpha value is -1.71. The first-order valence-corrected chi connectivity index (χ1v) is 8.00. The largest absolute Gasteiger partial charge is 0.393 e. The zero-order valence-electron chi connectivity index (χ0n) is 11.3. The smallest absolute Gasteiger partial charge is 0.293 e. The number of rotatable bonds is 5. The first kappa shape index (κ1) is 15.7. The quantitative estimate of drug-likeness (QED) is 0.472. The van der Waals surface area contributed by atoms with Crippen molar-refractivity contribution in [3.8, 4) is 0 Å². The maximum Gasteiger partial charge on any atom is 0.293 e. The summed E-state index contributed by atoms with van der Waals surface area (Å²) in [5.74, 6) is 0.220. The number of nitrogens with two attached hydrogens (primary N) is 1. The molecule has 0 saturated carbocycles. The van der Waals surface area contributed by atoms with Gasteiger partial charge in [0, 0.05) is 25.8 Å². The molecule has 0 aliphatic carbocycles. The molecule has 1 aliphatic heterocycles. The van der Waals surface area contributed by atoms with Gasteiger partial charge in [0.05, 0.1) is 9.82 Å². The topological polar surface area (TPSA) is 125 Å². The molecule has 1 aliphatic rings. The second kappa shape index (κ2) is 6.37. The number of sulfonamides is 1. The highest BCUT2D eigenvalue weighted by Gasteiger charge is 2.22. The summed E-state index contributed by atoms with van der Waals surface area (Å²) in [5, 5.41) is 10.8. The summed E-state index contributed by atoms with van der Waals surface area (Å²) in [7, 11) is -3.78. The molecule has 1 aromatic rings. The molecule has 0 bridgehead atoms. The summed E-state index contributed by atoms with van der Waals surface area (Å²) in [6.45, 7) is 1.54. The van der Waals surface area contributed by atoms with E-state index >= 15 is 0 Å². The lowest BCUT2D eigenvalue weighted by Gasteiger charge is -2.22. The van der Waals surface area contributed by atoms with Crippen molar-refractivity contribution >= 4 is 21.4 Å². The molecule has 0 spiro atoms. The number of nitrogens with one attached hydrogen (secondary N) is 1. The molecule has 1 saturated heterocycles. The average Bonchev–Trinajstić information content (AvgIpc) is 2.46. The van der Waals surface area contributed by atoms with E-state index in [4.69, 9.17) is 10.5 Å². The van der Waals surface area contributed by atoms with Crippen LogP contribution in [0, 0.1) is 16.0 Å². The van der Waals surface area contributed by atoms with E-state index in [1.807, 2.05) is 0 Å². The number of nitro groups is 1. The van der Waals surface area contributed by atoms with Gasteiger partial charge in [-0.05, 0) is 30.9 Å². The maximum atomic E-state index is 12.2. The number of benzene rings is 1. The lowest BCUT2D eigenvalue weighted by molar-refractivity contribution is -0.384. The van der Waals surface area contributed by atoms with Crippen LogP contribution in [0.25, 0.3) is 0 Å². The molecule has 3 N–H and O–H groups in total. The Bertz CT molecular complexity index is 626. The lowest BCUT2D eigenvalue weighted by atomic mass is 10.0. The molecule has 8 nitrogen and oxygen atoms in total. The molecule has 0 unspecified atom stereocenters. The summed E-state index contributed by atoms with van der Waals surface area (Å²) in [5.41, 5.74) is 4.97. The Morgan fingerprint density at radius 1 is 1.38 bits per heavy atom. The number of nitro benzene ring substituents is 1. The van der Waals surface area contributed by atoms with Crippen LogP contribution in [0.15, 0.2) is 23.1 Å². The zero-order valence-corrected chi connectivity index (χ0v) is 12.1. The second-order valence-electron chi connectivity index (χ2n) is 4.89. The van der Waals surface area contributed by atoms with Gasteiger partial charge < -0.3 is 10.5 Å². The number of nitrogen functional groups attached to an aromatic ring is 1. The Kier molecular flexibility index (Phi) is 4.76. The van der Waals surface area contributed by atoms with Gasteiger partial charge in [-0.1, -0.05) is 0 Å². The first-order valence-electron chi connectivity index (χ1n) is 6.51. The fraction of sp³-hybridized carbons (Fsp3) is 0.500. The van der Waals surface area contributed by atoms with E-state index in [0.29, 0.717) is 19.8 Å². The van der Waals surface area contributed by atoms with Gasteiger partial charge in [0.1, 0.15) is 5.69 Å². The van der Waals surface area contributed by atoms with Crippen LogP contribution in [0.3, 0.4) is 0 Å². The molecular weight excluding hydrogens is 298 g/mol. The Balaban J connectivity index is 2.11. The minimum atomic E-state index is -3.78. The van der Waals surface area contributed by atoms with Crippen molar-refractivity contribution in [1.82, 2.24) is 4.72 Å². The van der Waals surface area contributed by atoms with Crippen LogP contribution >= 0.6 is 0 Å². The Labute approximate surface area is 122 Å². The number of hydrogen-bond acceptors (Lipinski definition) is 6. The van der Waals surface area contributed by atoms with Gasteiger partial charge in [-0.3, -0.25) is 10.1 Å². The molecule has 0 atom stereocenters. The van der Waals surface area contributed by atoms with Gasteiger partial charge in [0.2, 0.25) is 10.0 Å². The van der Waals surface area contributed by atoms with Gasteiger partial charge in [-0.15, -0.1) is 0 Å². The van der Waals surface area contributed by atoms with Crippen LogP contribution in [0.5, 0.6) is 0 Å². The zero-order chi connectivity index (χ0) is 15.5. The van der Waals surface area contributed by atoms with Crippen molar-refractivity contribution in [2.75, 3.05) is 25.5 Å². The van der Waals surface area contributed by atoms with Gasteiger partial charge in [-0.2, -0.15) is 0 Å². The molecule has 0 radical (unpaired) electrons. The van der Waals surface area contributed by atoms with Crippen LogP contribution in [-0.2, 0) is 14.8 Å². The van der Waals surface area contributed by atoms with Crippen molar-refractivity contribution in [1.29, 1.82) is 0 Å². The van der Waals surface area contributed by atoms with Crippen LogP contribution < -0.4 is 10.5 Å². The third-order valence-corrected chi connectivity index (χ3v) is 4.83. The van der Waals surface area contributed by atoms with E-state index in [-0.39, 0.29) is 16.5 Å². The number of ether oxygens (including phenoxy) is 1. The molecule has 2 rings (SSSR count). The number of anilines is 1. The Morgan fingerprint density at radius 3 is 2.67 bits per heavy atom. The SMILES string of the molecule is Nc1ccc(S(=O)(=O)NCC2CCOCC2)cc1[N+](=O)[O-]. The van der Waals surface area contributed by atoms with Gasteiger partial charge in [-0.25, -0.2) is 13.1 Å². The predicted molar refractivity (Wildman–Crippen MR) is 76.2 cm³/mol. The summed E-state index contributed by atoms with van der Waals surface area (Å²) in [4.78, 5) is 9.94. The van der Waals surface area contributed by atoms with Crippen molar-refractivity contribution in [3.63, 3.8) is 0 Å². The van der Waals surface area contributed by atoms with E-state index in [9.17, 15) is 18.5 Å². The maximum absolute atomic E-state index is 12.2. The summed E-state index contributed by atoms with van der Waals surface area (Å²) in [6, 6.07) is 3.46. The van der Waals surface area contributed by atoms with E-state index in [1.54, 1.807) is 0 Å². The highest BCUT2D eigenvalue weighted by atomic mass is 32.2. The minimum Gasteiger partial charge on any atom is -0.393 e. The van der Waals surface area contributed by atoms with E-state index in [2.05, 4.69) is 4.72 Å². The Morgan fingerprint density at radius 2 is 2.05 bits per heavy atom. The molecule has 1 fully saturated rings. The summed E-state index contributed by atoms with van der Waals surface area (Å²) >= 11 is 0.